The van der Waals surface area contributed by atoms with Crippen molar-refractivity contribution in [1.82, 2.24) is 9.97 Å². The molecule has 0 radical (unpaired) electrons. The Balaban J connectivity index is 2.44. The van der Waals surface area contributed by atoms with Gasteiger partial charge in [-0.15, -0.1) is 23.1 Å². The summed E-state index contributed by atoms with van der Waals surface area (Å²) in [6.45, 7) is 8.74. The minimum Gasteiger partial charge on any atom is -0.211 e. The van der Waals surface area contributed by atoms with Crippen molar-refractivity contribution >= 4 is 44.9 Å². The first-order valence-electron chi connectivity index (χ1n) is 5.57. The van der Waals surface area contributed by atoms with E-state index in [0.717, 1.165) is 15.2 Å². The molecular weight excluding hydrogens is 272 g/mol. The van der Waals surface area contributed by atoms with E-state index in [1.807, 2.05) is 0 Å². The van der Waals surface area contributed by atoms with Gasteiger partial charge in [-0.25, -0.2) is 9.97 Å². The quantitative estimate of drug-likeness (QED) is 0.461. The highest BCUT2D eigenvalue weighted by Gasteiger charge is 2.15. The third-order valence-electron chi connectivity index (χ3n) is 2.69. The molecule has 0 amide bonds. The minimum atomic E-state index is 0.345. The van der Waals surface area contributed by atoms with E-state index in [0.29, 0.717) is 16.5 Å². The topological polar surface area (TPSA) is 25.8 Å². The van der Waals surface area contributed by atoms with E-state index < -0.39 is 0 Å². The molecule has 92 valence electrons. The Bertz CT molecular complexity index is 537. The molecule has 2 rings (SSSR count). The van der Waals surface area contributed by atoms with E-state index in [1.54, 1.807) is 23.1 Å². The molecule has 0 aromatic carbocycles. The highest BCUT2D eigenvalue weighted by Crippen LogP contribution is 2.35. The molecular formula is C12H15ClN2S2. The van der Waals surface area contributed by atoms with Gasteiger partial charge in [0.1, 0.15) is 9.86 Å². The average Bonchev–Trinajstić information content (AvgIpc) is 2.58. The number of nitrogens with zero attached hydrogens (tertiary/aromatic N) is 2. The molecule has 17 heavy (non-hydrogen) atoms. The van der Waals surface area contributed by atoms with Crippen LogP contribution in [0.5, 0.6) is 0 Å². The zero-order valence-electron chi connectivity index (χ0n) is 10.3. The molecule has 1 atom stereocenters. The number of thiophene rings is 1. The normalized spacial score (nSPS) is 13.5. The smallest absolute Gasteiger partial charge is 0.211 e. The van der Waals surface area contributed by atoms with Crippen molar-refractivity contribution in [3.8, 4) is 0 Å². The van der Waals surface area contributed by atoms with Crippen LogP contribution in [0.15, 0.2) is 11.1 Å². The van der Waals surface area contributed by atoms with Crippen molar-refractivity contribution in [3.05, 3.63) is 16.2 Å². The van der Waals surface area contributed by atoms with Crippen LogP contribution in [-0.2, 0) is 0 Å². The number of aromatic nitrogens is 2. The molecule has 0 aliphatic heterocycles. The number of halogens is 1. The van der Waals surface area contributed by atoms with Crippen molar-refractivity contribution < 1.29 is 0 Å². The van der Waals surface area contributed by atoms with Gasteiger partial charge in [-0.05, 0) is 30.5 Å². The number of thioether (sulfide) groups is 1. The minimum absolute atomic E-state index is 0.345. The monoisotopic (exact) mass is 286 g/mol. The van der Waals surface area contributed by atoms with Crippen LogP contribution < -0.4 is 0 Å². The van der Waals surface area contributed by atoms with Crippen LogP contribution in [0, 0.1) is 12.8 Å². The number of rotatable bonds is 3. The van der Waals surface area contributed by atoms with Gasteiger partial charge in [-0.3, -0.25) is 0 Å². The molecule has 0 aliphatic carbocycles. The van der Waals surface area contributed by atoms with Gasteiger partial charge in [0.25, 0.3) is 0 Å². The fourth-order valence-electron chi connectivity index (χ4n) is 1.39. The van der Waals surface area contributed by atoms with Crippen molar-refractivity contribution in [1.29, 1.82) is 0 Å². The van der Waals surface area contributed by atoms with Crippen LogP contribution in [0.1, 0.15) is 25.6 Å². The van der Waals surface area contributed by atoms with Gasteiger partial charge in [0.15, 0.2) is 0 Å². The number of fused-ring (bicyclic) bond motifs is 1. The van der Waals surface area contributed by atoms with Crippen LogP contribution in [0.25, 0.3) is 10.2 Å². The highest BCUT2D eigenvalue weighted by atomic mass is 35.5. The zero-order chi connectivity index (χ0) is 12.6. The van der Waals surface area contributed by atoms with Crippen LogP contribution in [0.2, 0.25) is 5.28 Å². The lowest BCUT2D eigenvalue weighted by Gasteiger charge is -2.14. The Labute approximate surface area is 115 Å². The number of hydrogen-bond acceptors (Lipinski definition) is 4. The summed E-state index contributed by atoms with van der Waals surface area (Å²) in [6.07, 6.45) is 0. The standard InChI is InChI=1S/C12H15ClN2S2/c1-6(2)8(4)17-11-9-5-7(3)16-10(9)14-12(13)15-11/h5-6,8H,1-4H3. The molecule has 0 aliphatic rings. The molecule has 0 spiro atoms. The van der Waals surface area contributed by atoms with E-state index in [2.05, 4.69) is 43.7 Å². The Morgan fingerprint density at radius 2 is 2.00 bits per heavy atom. The Kier molecular flexibility index (Phi) is 3.95. The molecule has 0 fully saturated rings. The Morgan fingerprint density at radius 1 is 1.29 bits per heavy atom. The van der Waals surface area contributed by atoms with Crippen molar-refractivity contribution in [2.45, 2.75) is 38.0 Å². The first-order valence-corrected chi connectivity index (χ1v) is 7.65. The fourth-order valence-corrected chi connectivity index (χ4v) is 3.65. The van der Waals surface area contributed by atoms with E-state index in [-0.39, 0.29) is 0 Å². The highest BCUT2D eigenvalue weighted by molar-refractivity contribution is 8.00. The van der Waals surface area contributed by atoms with Crippen LogP contribution in [0.4, 0.5) is 0 Å². The summed E-state index contributed by atoms with van der Waals surface area (Å²) in [5, 5.41) is 3.00. The molecule has 5 heteroatoms. The molecule has 2 aromatic rings. The van der Waals surface area contributed by atoms with E-state index in [9.17, 15) is 0 Å². The Hall–Kier alpha value is -0.320. The maximum absolute atomic E-state index is 5.97. The van der Waals surface area contributed by atoms with E-state index in [1.165, 1.54) is 4.88 Å². The lowest BCUT2D eigenvalue weighted by molar-refractivity contribution is 0.641. The summed E-state index contributed by atoms with van der Waals surface area (Å²) in [6, 6.07) is 2.14. The zero-order valence-corrected chi connectivity index (χ0v) is 12.7. The first kappa shape index (κ1) is 13.1. The molecule has 2 aromatic heterocycles. The molecule has 0 bridgehead atoms. The predicted molar refractivity (Wildman–Crippen MR) is 77.3 cm³/mol. The van der Waals surface area contributed by atoms with Crippen molar-refractivity contribution in [3.63, 3.8) is 0 Å². The molecule has 1 unspecified atom stereocenters. The summed E-state index contributed by atoms with van der Waals surface area (Å²) in [7, 11) is 0. The predicted octanol–water partition coefficient (Wildman–Crippen LogP) is 4.79. The van der Waals surface area contributed by atoms with E-state index in [4.69, 9.17) is 11.6 Å². The molecule has 0 N–H and O–H groups in total. The van der Waals surface area contributed by atoms with Gasteiger partial charge in [-0.1, -0.05) is 20.8 Å². The second-order valence-electron chi connectivity index (χ2n) is 4.44. The van der Waals surface area contributed by atoms with Gasteiger partial charge >= 0.3 is 0 Å². The van der Waals surface area contributed by atoms with E-state index >= 15 is 0 Å². The van der Waals surface area contributed by atoms with Crippen LogP contribution in [0.3, 0.4) is 0 Å². The van der Waals surface area contributed by atoms with Gasteiger partial charge in [0.05, 0.1) is 0 Å². The molecule has 2 nitrogen and oxygen atoms in total. The third kappa shape index (κ3) is 2.92. The average molecular weight is 287 g/mol. The second-order valence-corrected chi connectivity index (χ2v) is 7.38. The SMILES string of the molecule is Cc1cc2c(SC(C)C(C)C)nc(Cl)nc2s1. The first-order chi connectivity index (χ1) is 7.97. The molecule has 0 saturated carbocycles. The molecule has 0 saturated heterocycles. The summed E-state index contributed by atoms with van der Waals surface area (Å²) in [5.74, 6) is 0.614. The Morgan fingerprint density at radius 3 is 2.65 bits per heavy atom. The summed E-state index contributed by atoms with van der Waals surface area (Å²) >= 11 is 9.41. The maximum atomic E-state index is 5.97. The van der Waals surface area contributed by atoms with Gasteiger partial charge in [0, 0.05) is 15.5 Å². The lowest BCUT2D eigenvalue weighted by Crippen LogP contribution is -2.06. The van der Waals surface area contributed by atoms with Gasteiger partial charge in [-0.2, -0.15) is 0 Å². The number of hydrogen-bond donors (Lipinski definition) is 0. The lowest BCUT2D eigenvalue weighted by atomic mass is 10.2. The van der Waals surface area contributed by atoms with Crippen LogP contribution in [-0.4, -0.2) is 15.2 Å². The van der Waals surface area contributed by atoms with Crippen LogP contribution >= 0.6 is 34.7 Å². The van der Waals surface area contributed by atoms with Gasteiger partial charge in [0.2, 0.25) is 5.28 Å². The van der Waals surface area contributed by atoms with Gasteiger partial charge < -0.3 is 0 Å². The molecule has 2 heterocycles. The second kappa shape index (κ2) is 5.12. The summed E-state index contributed by atoms with van der Waals surface area (Å²) in [5.41, 5.74) is 0. The summed E-state index contributed by atoms with van der Waals surface area (Å²) in [4.78, 5) is 10.9. The largest absolute Gasteiger partial charge is 0.224 e. The third-order valence-corrected chi connectivity index (χ3v) is 5.25. The van der Waals surface area contributed by atoms with Crippen molar-refractivity contribution in [2.24, 2.45) is 5.92 Å². The summed E-state index contributed by atoms with van der Waals surface area (Å²) < 4.78 is 0. The fraction of sp³-hybridized carbons (Fsp3) is 0.500. The van der Waals surface area contributed by atoms with Crippen molar-refractivity contribution in [2.75, 3.05) is 0 Å². The maximum Gasteiger partial charge on any atom is 0.224 e. The number of aryl methyl sites for hydroxylation is 1.